The lowest BCUT2D eigenvalue weighted by molar-refractivity contribution is -0.123. The molecule has 0 bridgehead atoms. The zero-order valence-corrected chi connectivity index (χ0v) is 16.4. The van der Waals surface area contributed by atoms with Crippen LogP contribution in [0.2, 0.25) is 0 Å². The Hall–Kier alpha value is -3.03. The zero-order chi connectivity index (χ0) is 20.6. The van der Waals surface area contributed by atoms with Gasteiger partial charge in [-0.25, -0.2) is 4.39 Å². The molecule has 2 amide bonds. The Labute approximate surface area is 172 Å². The summed E-state index contributed by atoms with van der Waals surface area (Å²) in [5, 5.41) is 17.5. The number of carbonyl (C=O) groups is 2. The van der Waals surface area contributed by atoms with Crippen molar-refractivity contribution in [2.75, 3.05) is 6.54 Å². The molecule has 1 heterocycles. The van der Waals surface area contributed by atoms with E-state index in [1.54, 1.807) is 17.5 Å². The molecule has 2 unspecified atom stereocenters. The van der Waals surface area contributed by atoms with Gasteiger partial charge in [-0.05, 0) is 34.7 Å². The van der Waals surface area contributed by atoms with E-state index < -0.39 is 23.9 Å². The maximum Gasteiger partial charge on any atom is 0.262 e. The Morgan fingerprint density at radius 2 is 1.72 bits per heavy atom. The molecule has 0 aliphatic heterocycles. The molecule has 0 saturated carbocycles. The van der Waals surface area contributed by atoms with Gasteiger partial charge in [-0.3, -0.25) is 9.59 Å². The van der Waals surface area contributed by atoms with E-state index in [1.807, 2.05) is 30.3 Å². The highest BCUT2D eigenvalue weighted by atomic mass is 32.1. The topological polar surface area (TPSA) is 78.4 Å². The minimum Gasteiger partial charge on any atom is -0.387 e. The van der Waals surface area contributed by atoms with Crippen molar-refractivity contribution in [1.29, 1.82) is 0 Å². The Morgan fingerprint density at radius 1 is 1.00 bits per heavy atom. The van der Waals surface area contributed by atoms with E-state index >= 15 is 0 Å². The summed E-state index contributed by atoms with van der Waals surface area (Å²) in [4.78, 5) is 25.7. The number of hydrogen-bond donors (Lipinski definition) is 3. The van der Waals surface area contributed by atoms with Gasteiger partial charge in [0.25, 0.3) is 5.91 Å². The first-order valence-corrected chi connectivity index (χ1v) is 10.0. The first-order valence-electron chi connectivity index (χ1n) is 9.12. The van der Waals surface area contributed by atoms with Crippen LogP contribution in [-0.2, 0) is 11.2 Å². The molecule has 0 aliphatic rings. The number of halogens is 1. The van der Waals surface area contributed by atoms with Crippen LogP contribution in [0.4, 0.5) is 4.39 Å². The molecule has 3 aromatic rings. The summed E-state index contributed by atoms with van der Waals surface area (Å²) in [5.74, 6) is -1.13. The number of carbonyl (C=O) groups excluding carboxylic acids is 2. The third-order valence-corrected chi connectivity index (χ3v) is 5.24. The quantitative estimate of drug-likeness (QED) is 0.532. The first kappa shape index (κ1) is 20.7. The molecule has 1 aromatic heterocycles. The monoisotopic (exact) mass is 412 g/mol. The van der Waals surface area contributed by atoms with Crippen molar-refractivity contribution in [3.63, 3.8) is 0 Å². The maximum atomic E-state index is 13.0. The van der Waals surface area contributed by atoms with Crippen LogP contribution in [0.3, 0.4) is 0 Å². The summed E-state index contributed by atoms with van der Waals surface area (Å²) >= 11 is 1.29. The fourth-order valence-corrected chi connectivity index (χ4v) is 3.45. The summed E-state index contributed by atoms with van der Waals surface area (Å²) in [6.45, 7) is -0.0510. The molecule has 0 spiro atoms. The Bertz CT molecular complexity index is 930. The first-order chi connectivity index (χ1) is 14.0. The predicted molar refractivity (Wildman–Crippen MR) is 110 cm³/mol. The summed E-state index contributed by atoms with van der Waals surface area (Å²) < 4.78 is 13.0. The number of thiophene rings is 1. The average Bonchev–Trinajstić information content (AvgIpc) is 3.27. The van der Waals surface area contributed by atoms with Crippen molar-refractivity contribution in [1.82, 2.24) is 10.6 Å². The number of aliphatic hydroxyl groups is 1. The molecule has 3 rings (SSSR count). The van der Waals surface area contributed by atoms with Crippen molar-refractivity contribution in [2.45, 2.75) is 18.6 Å². The second kappa shape index (κ2) is 9.95. The minimum atomic E-state index is -0.982. The van der Waals surface area contributed by atoms with E-state index in [0.29, 0.717) is 16.9 Å². The molecule has 150 valence electrons. The van der Waals surface area contributed by atoms with Gasteiger partial charge >= 0.3 is 0 Å². The van der Waals surface area contributed by atoms with E-state index in [4.69, 9.17) is 0 Å². The van der Waals surface area contributed by atoms with E-state index in [2.05, 4.69) is 10.6 Å². The highest BCUT2D eigenvalue weighted by Gasteiger charge is 2.23. The molecular formula is C22H21FN2O3S. The fraction of sp³-hybridized carbons (Fsp3) is 0.182. The van der Waals surface area contributed by atoms with Gasteiger partial charge in [0, 0.05) is 13.0 Å². The summed E-state index contributed by atoms with van der Waals surface area (Å²) in [6.07, 6.45) is -0.666. The van der Waals surface area contributed by atoms with E-state index in [0.717, 1.165) is 5.56 Å². The Kier molecular flexibility index (Phi) is 7.10. The van der Waals surface area contributed by atoms with E-state index in [9.17, 15) is 19.1 Å². The van der Waals surface area contributed by atoms with E-state index in [1.165, 1.54) is 35.6 Å². The van der Waals surface area contributed by atoms with Crippen LogP contribution in [0.1, 0.15) is 26.9 Å². The molecule has 0 fully saturated rings. The van der Waals surface area contributed by atoms with Gasteiger partial charge in [-0.2, -0.15) is 0 Å². The summed E-state index contributed by atoms with van der Waals surface area (Å²) in [5.41, 5.74) is 1.40. The number of hydrogen-bond acceptors (Lipinski definition) is 4. The number of nitrogens with one attached hydrogen (secondary N) is 2. The average molecular weight is 412 g/mol. The van der Waals surface area contributed by atoms with Gasteiger partial charge in [0.05, 0.1) is 11.0 Å². The van der Waals surface area contributed by atoms with Crippen LogP contribution in [-0.4, -0.2) is 29.5 Å². The van der Waals surface area contributed by atoms with Crippen LogP contribution in [0.15, 0.2) is 72.1 Å². The fourth-order valence-electron chi connectivity index (χ4n) is 2.82. The number of rotatable bonds is 8. The molecule has 7 heteroatoms. The van der Waals surface area contributed by atoms with Crippen LogP contribution < -0.4 is 10.6 Å². The van der Waals surface area contributed by atoms with Crippen molar-refractivity contribution in [3.05, 3.63) is 93.9 Å². The molecule has 2 aromatic carbocycles. The molecule has 0 saturated heterocycles. The summed E-state index contributed by atoms with van der Waals surface area (Å²) in [7, 11) is 0. The second-order valence-electron chi connectivity index (χ2n) is 6.51. The van der Waals surface area contributed by atoms with Gasteiger partial charge in [-0.15, -0.1) is 11.3 Å². The Morgan fingerprint density at radius 3 is 2.38 bits per heavy atom. The van der Waals surface area contributed by atoms with E-state index in [-0.39, 0.29) is 12.5 Å². The van der Waals surface area contributed by atoms with Crippen molar-refractivity contribution < 1.29 is 19.1 Å². The second-order valence-corrected chi connectivity index (χ2v) is 7.45. The SMILES string of the molecule is O=C(NC(Cc1ccccc1)C(=O)NCC(O)c1ccc(F)cc1)c1cccs1. The summed E-state index contributed by atoms with van der Waals surface area (Å²) in [6, 6.07) is 17.5. The van der Waals surface area contributed by atoms with Crippen molar-refractivity contribution in [3.8, 4) is 0 Å². The molecule has 0 radical (unpaired) electrons. The highest BCUT2D eigenvalue weighted by Crippen LogP contribution is 2.13. The lowest BCUT2D eigenvalue weighted by Crippen LogP contribution is -2.48. The predicted octanol–water partition coefficient (Wildman–Crippen LogP) is 3.08. The Balaban J connectivity index is 1.66. The molecular weight excluding hydrogens is 391 g/mol. The zero-order valence-electron chi connectivity index (χ0n) is 15.5. The van der Waals surface area contributed by atoms with Gasteiger partial charge in [-0.1, -0.05) is 48.5 Å². The lowest BCUT2D eigenvalue weighted by Gasteiger charge is -2.20. The standard InChI is InChI=1S/C22H21FN2O3S/c23-17-10-8-16(9-11-17)19(26)14-24-21(27)18(13-15-5-2-1-3-6-15)25-22(28)20-7-4-12-29-20/h1-12,18-19,26H,13-14H2,(H,24,27)(H,25,28). The molecule has 0 aliphatic carbocycles. The van der Waals surface area contributed by atoms with Crippen molar-refractivity contribution >= 4 is 23.2 Å². The number of aliphatic hydroxyl groups excluding tert-OH is 1. The third-order valence-electron chi connectivity index (χ3n) is 4.37. The third kappa shape index (κ3) is 5.97. The molecule has 3 N–H and O–H groups in total. The van der Waals surface area contributed by atoms with Gasteiger partial charge in [0.1, 0.15) is 11.9 Å². The largest absolute Gasteiger partial charge is 0.387 e. The van der Waals surface area contributed by atoms with Gasteiger partial charge in [0.15, 0.2) is 0 Å². The maximum absolute atomic E-state index is 13.0. The molecule has 2 atom stereocenters. The smallest absolute Gasteiger partial charge is 0.262 e. The van der Waals surface area contributed by atoms with Crippen LogP contribution >= 0.6 is 11.3 Å². The van der Waals surface area contributed by atoms with Crippen LogP contribution in [0.5, 0.6) is 0 Å². The number of amides is 2. The molecule has 5 nitrogen and oxygen atoms in total. The van der Waals surface area contributed by atoms with Gasteiger partial charge < -0.3 is 15.7 Å². The molecule has 29 heavy (non-hydrogen) atoms. The number of benzene rings is 2. The van der Waals surface area contributed by atoms with Gasteiger partial charge in [0.2, 0.25) is 5.91 Å². The highest BCUT2D eigenvalue weighted by molar-refractivity contribution is 7.12. The lowest BCUT2D eigenvalue weighted by atomic mass is 10.0. The minimum absolute atomic E-state index is 0.0510. The van der Waals surface area contributed by atoms with Crippen LogP contribution in [0.25, 0.3) is 0 Å². The normalized spacial score (nSPS) is 12.8. The van der Waals surface area contributed by atoms with Crippen molar-refractivity contribution in [2.24, 2.45) is 0 Å². The van der Waals surface area contributed by atoms with Crippen LogP contribution in [0, 0.1) is 5.82 Å².